The zero-order chi connectivity index (χ0) is 14.8. The summed E-state index contributed by atoms with van der Waals surface area (Å²) in [6.45, 7) is 3.81. The second-order valence-electron chi connectivity index (χ2n) is 4.42. The number of aromatic nitrogens is 3. The molecule has 0 saturated carbocycles. The second kappa shape index (κ2) is 6.03. The van der Waals surface area contributed by atoms with Crippen molar-refractivity contribution in [3.8, 4) is 11.5 Å². The molecule has 0 radical (unpaired) electrons. The molecule has 0 aliphatic carbocycles. The molecule has 7 heteroatoms. The fraction of sp³-hybridized carbons (Fsp3) is 0.214. The van der Waals surface area contributed by atoms with E-state index in [4.69, 9.17) is 8.83 Å². The fourth-order valence-corrected chi connectivity index (χ4v) is 2.66. The standard InChI is InChI=1S/C14H12BrN3O2S/c1-8-9(2)19-14(16-8)21-7-12-17-18-13(20-12)10-3-5-11(15)6-4-10/h3-6H,7H2,1-2H3. The Morgan fingerprint density at radius 1 is 1.10 bits per heavy atom. The van der Waals surface area contributed by atoms with Gasteiger partial charge in [0.05, 0.1) is 11.4 Å². The Morgan fingerprint density at radius 2 is 1.86 bits per heavy atom. The van der Waals surface area contributed by atoms with Gasteiger partial charge in [0.1, 0.15) is 5.76 Å². The van der Waals surface area contributed by atoms with Crippen molar-refractivity contribution in [2.45, 2.75) is 24.8 Å². The van der Waals surface area contributed by atoms with Gasteiger partial charge in [-0.1, -0.05) is 27.7 Å². The average molecular weight is 366 g/mol. The van der Waals surface area contributed by atoms with Crippen LogP contribution in [0.15, 0.2) is 42.8 Å². The number of oxazole rings is 1. The molecule has 3 rings (SSSR count). The number of rotatable bonds is 4. The normalized spacial score (nSPS) is 11.0. The number of benzene rings is 1. The highest BCUT2D eigenvalue weighted by molar-refractivity contribution is 9.10. The number of nitrogens with zero attached hydrogens (tertiary/aromatic N) is 3. The third kappa shape index (κ3) is 3.36. The first-order valence-electron chi connectivity index (χ1n) is 6.27. The van der Waals surface area contributed by atoms with Crippen LogP contribution in [0.4, 0.5) is 0 Å². The number of thioether (sulfide) groups is 1. The summed E-state index contributed by atoms with van der Waals surface area (Å²) in [5, 5.41) is 8.71. The number of hydrogen-bond donors (Lipinski definition) is 0. The zero-order valence-corrected chi connectivity index (χ0v) is 13.9. The minimum Gasteiger partial charge on any atom is -0.437 e. The second-order valence-corrected chi connectivity index (χ2v) is 6.26. The van der Waals surface area contributed by atoms with Crippen LogP contribution < -0.4 is 0 Å². The minimum absolute atomic E-state index is 0.512. The third-order valence-corrected chi connectivity index (χ3v) is 4.23. The summed E-state index contributed by atoms with van der Waals surface area (Å²) in [5.74, 6) is 2.42. The largest absolute Gasteiger partial charge is 0.437 e. The van der Waals surface area contributed by atoms with Gasteiger partial charge in [0.15, 0.2) is 0 Å². The first-order valence-corrected chi connectivity index (χ1v) is 8.05. The van der Waals surface area contributed by atoms with E-state index in [1.165, 1.54) is 11.8 Å². The molecule has 21 heavy (non-hydrogen) atoms. The van der Waals surface area contributed by atoms with E-state index in [-0.39, 0.29) is 0 Å². The molecule has 0 aliphatic heterocycles. The minimum atomic E-state index is 0.512. The van der Waals surface area contributed by atoms with Crippen LogP contribution in [0.1, 0.15) is 17.3 Å². The van der Waals surface area contributed by atoms with Crippen LogP contribution in [0, 0.1) is 13.8 Å². The van der Waals surface area contributed by atoms with E-state index in [1.807, 2.05) is 38.1 Å². The lowest BCUT2D eigenvalue weighted by molar-refractivity contribution is 0.430. The van der Waals surface area contributed by atoms with Gasteiger partial charge in [-0.05, 0) is 38.1 Å². The van der Waals surface area contributed by atoms with Crippen LogP contribution in [-0.2, 0) is 5.75 Å². The van der Waals surface area contributed by atoms with Crippen molar-refractivity contribution in [1.82, 2.24) is 15.2 Å². The summed E-state index contributed by atoms with van der Waals surface area (Å²) in [5.41, 5.74) is 1.79. The molecule has 0 atom stereocenters. The quantitative estimate of drug-likeness (QED) is 0.638. The van der Waals surface area contributed by atoms with Gasteiger partial charge in [0.2, 0.25) is 11.8 Å². The zero-order valence-electron chi connectivity index (χ0n) is 11.5. The molecule has 5 nitrogen and oxygen atoms in total. The summed E-state index contributed by atoms with van der Waals surface area (Å²) >= 11 is 4.83. The SMILES string of the molecule is Cc1nc(SCc2nnc(-c3ccc(Br)cc3)o2)oc1C. The predicted molar refractivity (Wildman–Crippen MR) is 83.0 cm³/mol. The van der Waals surface area contributed by atoms with E-state index in [0.717, 1.165) is 21.5 Å². The molecule has 0 fully saturated rings. The summed E-state index contributed by atoms with van der Waals surface area (Å²) < 4.78 is 12.1. The summed E-state index contributed by atoms with van der Waals surface area (Å²) in [7, 11) is 0. The molecule has 2 aromatic heterocycles. The number of hydrogen-bond acceptors (Lipinski definition) is 6. The van der Waals surface area contributed by atoms with Gasteiger partial charge in [0.25, 0.3) is 5.22 Å². The van der Waals surface area contributed by atoms with E-state index in [1.54, 1.807) is 0 Å². The first kappa shape index (κ1) is 14.3. The van der Waals surface area contributed by atoms with Crippen molar-refractivity contribution in [2.75, 3.05) is 0 Å². The average Bonchev–Trinajstić information content (AvgIpc) is 3.05. The van der Waals surface area contributed by atoms with Crippen LogP contribution in [0.25, 0.3) is 11.5 Å². The molecule has 0 aliphatic rings. The summed E-state index contributed by atoms with van der Waals surface area (Å²) in [6.07, 6.45) is 0. The monoisotopic (exact) mass is 365 g/mol. The van der Waals surface area contributed by atoms with Crippen molar-refractivity contribution in [3.63, 3.8) is 0 Å². The maximum atomic E-state index is 5.64. The van der Waals surface area contributed by atoms with E-state index in [9.17, 15) is 0 Å². The van der Waals surface area contributed by atoms with Crippen molar-refractivity contribution >= 4 is 27.7 Å². The molecule has 0 unspecified atom stereocenters. The van der Waals surface area contributed by atoms with Crippen molar-refractivity contribution in [1.29, 1.82) is 0 Å². The molecule has 0 saturated heterocycles. The van der Waals surface area contributed by atoms with Gasteiger partial charge in [-0.15, -0.1) is 10.2 Å². The Morgan fingerprint density at radius 3 is 2.52 bits per heavy atom. The lowest BCUT2D eigenvalue weighted by atomic mass is 10.2. The van der Waals surface area contributed by atoms with Gasteiger partial charge < -0.3 is 8.83 Å². The predicted octanol–water partition coefficient (Wildman–Crippen LogP) is 4.40. The highest BCUT2D eigenvalue weighted by Crippen LogP contribution is 2.26. The lowest BCUT2D eigenvalue weighted by Gasteiger charge is -1.94. The first-order chi connectivity index (χ1) is 10.1. The molecule has 3 aromatic rings. The molecular formula is C14H12BrN3O2S. The van der Waals surface area contributed by atoms with E-state index in [2.05, 4.69) is 31.1 Å². The number of halogens is 1. The molecule has 2 heterocycles. The Balaban J connectivity index is 1.69. The van der Waals surface area contributed by atoms with Crippen LogP contribution in [-0.4, -0.2) is 15.2 Å². The van der Waals surface area contributed by atoms with E-state index < -0.39 is 0 Å². The third-order valence-electron chi connectivity index (χ3n) is 2.89. The summed E-state index contributed by atoms with van der Waals surface area (Å²) in [6, 6.07) is 7.73. The van der Waals surface area contributed by atoms with Crippen LogP contribution in [0.5, 0.6) is 0 Å². The van der Waals surface area contributed by atoms with Gasteiger partial charge in [-0.2, -0.15) is 0 Å². The molecule has 108 valence electrons. The highest BCUT2D eigenvalue weighted by atomic mass is 79.9. The Bertz CT molecular complexity index is 732. The van der Waals surface area contributed by atoms with Crippen LogP contribution >= 0.6 is 27.7 Å². The molecular weight excluding hydrogens is 354 g/mol. The molecule has 0 N–H and O–H groups in total. The smallest absolute Gasteiger partial charge is 0.256 e. The van der Waals surface area contributed by atoms with Crippen LogP contribution in [0.2, 0.25) is 0 Å². The topological polar surface area (TPSA) is 65.0 Å². The highest BCUT2D eigenvalue weighted by Gasteiger charge is 2.11. The Hall–Kier alpha value is -1.60. The summed E-state index contributed by atoms with van der Waals surface area (Å²) in [4.78, 5) is 4.30. The van der Waals surface area contributed by atoms with Gasteiger partial charge in [0, 0.05) is 10.0 Å². The molecule has 0 amide bonds. The van der Waals surface area contributed by atoms with E-state index >= 15 is 0 Å². The van der Waals surface area contributed by atoms with Crippen molar-refractivity contribution < 1.29 is 8.83 Å². The molecule has 0 bridgehead atoms. The van der Waals surface area contributed by atoms with Crippen molar-refractivity contribution in [2.24, 2.45) is 0 Å². The van der Waals surface area contributed by atoms with Gasteiger partial charge in [-0.3, -0.25) is 0 Å². The lowest BCUT2D eigenvalue weighted by Crippen LogP contribution is -1.80. The maximum Gasteiger partial charge on any atom is 0.256 e. The molecule has 0 spiro atoms. The van der Waals surface area contributed by atoms with Gasteiger partial charge in [-0.25, -0.2) is 4.98 Å². The number of aryl methyl sites for hydroxylation is 2. The Kier molecular flexibility index (Phi) is 4.12. The fourth-order valence-electron chi connectivity index (χ4n) is 1.65. The van der Waals surface area contributed by atoms with E-state index in [0.29, 0.717) is 22.8 Å². The van der Waals surface area contributed by atoms with Crippen LogP contribution in [0.3, 0.4) is 0 Å². The van der Waals surface area contributed by atoms with Crippen molar-refractivity contribution in [3.05, 3.63) is 46.1 Å². The van der Waals surface area contributed by atoms with Gasteiger partial charge >= 0.3 is 0 Å². The maximum absolute atomic E-state index is 5.64. The Labute approximate surface area is 134 Å². The molecule has 1 aromatic carbocycles.